The SMILES string of the molecule is COc1ccc(C(F)(F)F)cc1C(=O)c1cccc(F)c1F. The van der Waals surface area contributed by atoms with Crippen molar-refractivity contribution in [1.82, 2.24) is 0 Å². The predicted molar refractivity (Wildman–Crippen MR) is 67.8 cm³/mol. The second kappa shape index (κ2) is 5.75. The van der Waals surface area contributed by atoms with Crippen LogP contribution in [0.15, 0.2) is 36.4 Å². The van der Waals surface area contributed by atoms with Crippen LogP contribution in [0, 0.1) is 11.6 Å². The van der Waals surface area contributed by atoms with Crippen molar-refractivity contribution in [1.29, 1.82) is 0 Å². The van der Waals surface area contributed by atoms with Gasteiger partial charge in [-0.05, 0) is 30.3 Å². The van der Waals surface area contributed by atoms with Crippen LogP contribution < -0.4 is 4.74 Å². The third kappa shape index (κ3) is 2.93. The molecule has 0 bridgehead atoms. The van der Waals surface area contributed by atoms with Crippen LogP contribution in [0.5, 0.6) is 5.75 Å². The van der Waals surface area contributed by atoms with Crippen LogP contribution >= 0.6 is 0 Å². The lowest BCUT2D eigenvalue weighted by atomic mass is 9.99. The fourth-order valence-corrected chi connectivity index (χ4v) is 1.89. The Balaban J connectivity index is 2.59. The number of hydrogen-bond donors (Lipinski definition) is 0. The number of hydrogen-bond acceptors (Lipinski definition) is 2. The van der Waals surface area contributed by atoms with Crippen LogP contribution in [0.1, 0.15) is 21.5 Å². The fourth-order valence-electron chi connectivity index (χ4n) is 1.89. The Morgan fingerprint density at radius 3 is 2.32 bits per heavy atom. The maximum atomic E-state index is 13.6. The van der Waals surface area contributed by atoms with Gasteiger partial charge in [-0.15, -0.1) is 0 Å². The molecule has 0 radical (unpaired) electrons. The number of methoxy groups -OCH3 is 1. The second-order valence-corrected chi connectivity index (χ2v) is 4.34. The first-order valence-corrected chi connectivity index (χ1v) is 5.99. The van der Waals surface area contributed by atoms with E-state index >= 15 is 0 Å². The van der Waals surface area contributed by atoms with Gasteiger partial charge in [-0.25, -0.2) is 8.78 Å². The molecule has 0 fully saturated rings. The molecular weight excluding hydrogens is 307 g/mol. The number of carbonyl (C=O) groups excluding carboxylic acids is 1. The highest BCUT2D eigenvalue weighted by molar-refractivity contribution is 6.11. The van der Waals surface area contributed by atoms with Crippen LogP contribution in [-0.2, 0) is 6.18 Å². The van der Waals surface area contributed by atoms with E-state index in [0.29, 0.717) is 6.07 Å². The van der Waals surface area contributed by atoms with Gasteiger partial charge < -0.3 is 4.74 Å². The highest BCUT2D eigenvalue weighted by Crippen LogP contribution is 2.33. The van der Waals surface area contributed by atoms with Gasteiger partial charge in [0.05, 0.1) is 23.8 Å². The molecule has 2 aromatic carbocycles. The van der Waals surface area contributed by atoms with Crippen molar-refractivity contribution in [2.45, 2.75) is 6.18 Å². The monoisotopic (exact) mass is 316 g/mol. The molecule has 0 N–H and O–H groups in total. The van der Waals surface area contributed by atoms with E-state index in [1.165, 1.54) is 0 Å². The number of carbonyl (C=O) groups is 1. The topological polar surface area (TPSA) is 26.3 Å². The molecule has 0 spiro atoms. The van der Waals surface area contributed by atoms with Crippen molar-refractivity contribution >= 4 is 5.78 Å². The summed E-state index contributed by atoms with van der Waals surface area (Å²) in [4.78, 5) is 12.2. The van der Waals surface area contributed by atoms with Gasteiger partial charge in [0.1, 0.15) is 5.75 Å². The number of ketones is 1. The first-order chi connectivity index (χ1) is 10.3. The zero-order valence-electron chi connectivity index (χ0n) is 11.2. The van der Waals surface area contributed by atoms with Gasteiger partial charge in [-0.1, -0.05) is 6.07 Å². The van der Waals surface area contributed by atoms with Crippen LogP contribution in [0.3, 0.4) is 0 Å². The molecule has 116 valence electrons. The summed E-state index contributed by atoms with van der Waals surface area (Å²) in [5.41, 5.74) is -2.26. The first kappa shape index (κ1) is 15.9. The summed E-state index contributed by atoms with van der Waals surface area (Å²) >= 11 is 0. The van der Waals surface area contributed by atoms with Crippen molar-refractivity contribution in [2.75, 3.05) is 7.11 Å². The summed E-state index contributed by atoms with van der Waals surface area (Å²) in [5.74, 6) is -3.95. The van der Waals surface area contributed by atoms with Crippen molar-refractivity contribution in [3.8, 4) is 5.75 Å². The Hall–Kier alpha value is -2.44. The van der Waals surface area contributed by atoms with Gasteiger partial charge in [0.25, 0.3) is 0 Å². The standard InChI is InChI=1S/C15H9F5O2/c1-22-12-6-5-8(15(18,19)20)7-10(12)14(21)9-3-2-4-11(16)13(9)17/h2-7H,1H3. The number of ether oxygens (including phenoxy) is 1. The highest BCUT2D eigenvalue weighted by atomic mass is 19.4. The molecule has 0 amide bonds. The van der Waals surface area contributed by atoms with E-state index in [-0.39, 0.29) is 5.75 Å². The lowest BCUT2D eigenvalue weighted by Gasteiger charge is -2.12. The van der Waals surface area contributed by atoms with Crippen LogP contribution in [0.4, 0.5) is 22.0 Å². The fraction of sp³-hybridized carbons (Fsp3) is 0.133. The number of benzene rings is 2. The molecule has 0 unspecified atom stereocenters. The highest BCUT2D eigenvalue weighted by Gasteiger charge is 2.32. The van der Waals surface area contributed by atoms with Gasteiger partial charge in [0.2, 0.25) is 0 Å². The largest absolute Gasteiger partial charge is 0.496 e. The van der Waals surface area contributed by atoms with Gasteiger partial charge in [0.15, 0.2) is 17.4 Å². The summed E-state index contributed by atoms with van der Waals surface area (Å²) in [6, 6.07) is 5.11. The van der Waals surface area contributed by atoms with E-state index in [4.69, 9.17) is 4.74 Å². The average Bonchev–Trinajstić information content (AvgIpc) is 2.47. The minimum absolute atomic E-state index is 0.165. The summed E-state index contributed by atoms with van der Waals surface area (Å²) < 4.78 is 69.8. The van der Waals surface area contributed by atoms with E-state index in [1.807, 2.05) is 0 Å². The summed E-state index contributed by atoms with van der Waals surface area (Å²) in [6.07, 6.45) is -4.68. The molecule has 0 aromatic heterocycles. The van der Waals surface area contributed by atoms with Gasteiger partial charge in [-0.2, -0.15) is 13.2 Å². The lowest BCUT2D eigenvalue weighted by molar-refractivity contribution is -0.137. The molecule has 22 heavy (non-hydrogen) atoms. The van der Waals surface area contributed by atoms with Gasteiger partial charge in [0, 0.05) is 0 Å². The number of halogens is 5. The molecule has 0 saturated heterocycles. The van der Waals surface area contributed by atoms with Crippen LogP contribution in [0.2, 0.25) is 0 Å². The predicted octanol–water partition coefficient (Wildman–Crippen LogP) is 4.22. The maximum Gasteiger partial charge on any atom is 0.416 e. The molecule has 0 heterocycles. The zero-order chi connectivity index (χ0) is 16.5. The molecule has 2 aromatic rings. The Morgan fingerprint density at radius 2 is 1.73 bits per heavy atom. The van der Waals surface area contributed by atoms with E-state index in [2.05, 4.69) is 0 Å². The van der Waals surface area contributed by atoms with Crippen molar-refractivity contribution in [2.24, 2.45) is 0 Å². The molecule has 0 aliphatic carbocycles. The van der Waals surface area contributed by atoms with Crippen LogP contribution in [-0.4, -0.2) is 12.9 Å². The third-order valence-corrected chi connectivity index (χ3v) is 2.97. The summed E-state index contributed by atoms with van der Waals surface area (Å²) in [6.45, 7) is 0. The van der Waals surface area contributed by atoms with Crippen molar-refractivity contribution < 1.29 is 31.5 Å². The zero-order valence-corrected chi connectivity index (χ0v) is 11.2. The normalized spacial score (nSPS) is 11.4. The van der Waals surface area contributed by atoms with E-state index in [1.54, 1.807) is 0 Å². The number of rotatable bonds is 3. The Bertz CT molecular complexity index is 722. The quantitative estimate of drug-likeness (QED) is 0.626. The Labute approximate surface area is 122 Å². The van der Waals surface area contributed by atoms with Gasteiger partial charge in [-0.3, -0.25) is 4.79 Å². The average molecular weight is 316 g/mol. The van der Waals surface area contributed by atoms with Gasteiger partial charge >= 0.3 is 6.18 Å². The minimum Gasteiger partial charge on any atom is -0.496 e. The third-order valence-electron chi connectivity index (χ3n) is 2.97. The molecule has 2 nitrogen and oxygen atoms in total. The smallest absolute Gasteiger partial charge is 0.416 e. The molecule has 0 aliphatic rings. The molecule has 2 rings (SSSR count). The second-order valence-electron chi connectivity index (χ2n) is 4.34. The Kier molecular flexibility index (Phi) is 4.16. The molecule has 0 atom stereocenters. The van der Waals surface area contributed by atoms with E-state index in [9.17, 15) is 26.7 Å². The Morgan fingerprint density at radius 1 is 1.05 bits per heavy atom. The minimum atomic E-state index is -4.68. The number of alkyl halides is 3. The van der Waals surface area contributed by atoms with E-state index in [0.717, 1.165) is 37.4 Å². The summed E-state index contributed by atoms with van der Waals surface area (Å²) in [5, 5.41) is 0. The maximum absolute atomic E-state index is 13.6. The summed E-state index contributed by atoms with van der Waals surface area (Å²) in [7, 11) is 1.15. The van der Waals surface area contributed by atoms with Crippen LogP contribution in [0.25, 0.3) is 0 Å². The molecular formula is C15H9F5O2. The molecule has 0 aliphatic heterocycles. The van der Waals surface area contributed by atoms with Crippen molar-refractivity contribution in [3.63, 3.8) is 0 Å². The molecule has 0 saturated carbocycles. The lowest BCUT2D eigenvalue weighted by Crippen LogP contribution is -2.11. The first-order valence-electron chi connectivity index (χ1n) is 5.99. The molecule has 7 heteroatoms. The van der Waals surface area contributed by atoms with Crippen molar-refractivity contribution in [3.05, 3.63) is 64.7 Å². The van der Waals surface area contributed by atoms with E-state index < -0.39 is 40.3 Å².